The number of hydrogen-bond donors (Lipinski definition) is 2. The molecule has 0 bridgehead atoms. The minimum Gasteiger partial charge on any atom is -0.394 e. The molecule has 1 aliphatic heterocycles. The molecule has 0 amide bonds. The van der Waals surface area contributed by atoms with Crippen molar-refractivity contribution < 1.29 is 29.2 Å². The van der Waals surface area contributed by atoms with Crippen LogP contribution < -0.4 is 4.72 Å². The highest BCUT2D eigenvalue weighted by atomic mass is 127. The number of ether oxygens (including phenoxy) is 3. The Kier molecular flexibility index (Phi) is 28.0. The molecule has 2 aromatic rings. The van der Waals surface area contributed by atoms with Crippen LogP contribution in [0.15, 0.2) is 31.9 Å². The zero-order valence-corrected chi connectivity index (χ0v) is 28.5. The topological polar surface area (TPSA) is 151 Å². The number of halogens is 1. The van der Waals surface area contributed by atoms with Crippen molar-refractivity contribution in [3.05, 3.63) is 43.3 Å². The Labute approximate surface area is 259 Å². The Balaban J connectivity index is -0.000000383. The molecule has 0 unspecified atom stereocenters. The van der Waals surface area contributed by atoms with Gasteiger partial charge in [0.25, 0.3) is 0 Å². The number of aliphatic hydroxyl groups excluding tert-OH is 1. The minimum atomic E-state index is -3.71. The quantitative estimate of drug-likeness (QED) is 0.268. The molecule has 2 N–H and O–H groups in total. The molecule has 1 fully saturated rings. The Bertz CT molecular complexity index is 934. The van der Waals surface area contributed by atoms with Gasteiger partial charge in [-0.1, -0.05) is 13.8 Å². The number of aliphatic hydroxyl groups is 1. The maximum absolute atomic E-state index is 12.6. The number of rotatable bonds is 10. The summed E-state index contributed by atoms with van der Waals surface area (Å²) in [5, 5.41) is 15.0. The fourth-order valence-electron chi connectivity index (χ4n) is 2.81. The molecule has 12 nitrogen and oxygen atoms in total. The van der Waals surface area contributed by atoms with Gasteiger partial charge in [-0.25, -0.2) is 18.4 Å². The van der Waals surface area contributed by atoms with E-state index in [1.54, 1.807) is 52.0 Å². The van der Waals surface area contributed by atoms with Gasteiger partial charge in [-0.2, -0.15) is 0 Å². The van der Waals surface area contributed by atoms with Crippen molar-refractivity contribution in [1.82, 2.24) is 24.7 Å². The van der Waals surface area contributed by atoms with Crippen LogP contribution in [0.3, 0.4) is 0 Å². The minimum absolute atomic E-state index is 0. The second-order valence-corrected chi connectivity index (χ2v) is 10.5. The summed E-state index contributed by atoms with van der Waals surface area (Å²) in [6.07, 6.45) is 7.33. The molecule has 14 heteroatoms. The highest BCUT2D eigenvalue weighted by Gasteiger charge is 2.26. The average molecular weight is 705 g/mol. The van der Waals surface area contributed by atoms with E-state index in [1.807, 2.05) is 20.8 Å². The van der Waals surface area contributed by atoms with Gasteiger partial charge in [-0.15, -0.1) is 47.3 Å². The summed E-state index contributed by atoms with van der Waals surface area (Å²) in [5.74, 6) is 0.576. The lowest BCUT2D eigenvalue weighted by Gasteiger charge is -2.20. The highest BCUT2D eigenvalue weighted by molar-refractivity contribution is 14.0. The van der Waals surface area contributed by atoms with Crippen LogP contribution in [0, 0.1) is 6.92 Å². The van der Waals surface area contributed by atoms with Crippen LogP contribution in [0.2, 0.25) is 0 Å². The molecule has 3 rings (SSSR count). The van der Waals surface area contributed by atoms with E-state index in [-0.39, 0.29) is 49.9 Å². The maximum atomic E-state index is 12.6. The lowest BCUT2D eigenvalue weighted by molar-refractivity contribution is 0.0902. The van der Waals surface area contributed by atoms with Crippen LogP contribution in [0.5, 0.6) is 0 Å². The predicted molar refractivity (Wildman–Crippen MR) is 173 cm³/mol. The third-order valence-corrected chi connectivity index (χ3v) is 6.27. The smallest absolute Gasteiger partial charge is 0.238 e. The van der Waals surface area contributed by atoms with E-state index in [1.165, 1.54) is 19.2 Å². The van der Waals surface area contributed by atoms with E-state index in [2.05, 4.69) is 38.0 Å². The van der Waals surface area contributed by atoms with E-state index < -0.39 is 15.3 Å². The Hall–Kier alpha value is -1.72. The molecule has 40 heavy (non-hydrogen) atoms. The van der Waals surface area contributed by atoms with Crippen LogP contribution in [0.1, 0.15) is 66.3 Å². The monoisotopic (exact) mass is 704 g/mol. The summed E-state index contributed by atoms with van der Waals surface area (Å²) in [6.45, 7) is 19.6. The summed E-state index contributed by atoms with van der Waals surface area (Å²) < 4.78 is 44.6. The van der Waals surface area contributed by atoms with Gasteiger partial charge in [0, 0.05) is 53.8 Å². The maximum Gasteiger partial charge on any atom is 0.238 e. The van der Waals surface area contributed by atoms with Gasteiger partial charge in [-0.3, -0.25) is 9.29 Å². The molecule has 0 aromatic carbocycles. The SMILES string of the molecule is C1CCOC1.C=C.CC.CC(C)O.COCC(COC)n1cnnc1NS(=O)(=O)[C@@H](C)Cc1ncc(C)cn1.I.[HH]. The fourth-order valence-corrected chi connectivity index (χ4v) is 3.78. The first-order valence-corrected chi connectivity index (χ1v) is 14.6. The van der Waals surface area contributed by atoms with Crippen LogP contribution in [0.4, 0.5) is 5.95 Å². The first-order valence-electron chi connectivity index (χ1n) is 13.0. The van der Waals surface area contributed by atoms with Crippen molar-refractivity contribution in [2.75, 3.05) is 45.4 Å². The lowest BCUT2D eigenvalue weighted by Crippen LogP contribution is -2.30. The largest absolute Gasteiger partial charge is 0.394 e. The molecule has 236 valence electrons. The molecular weight excluding hydrogens is 651 g/mol. The standard InChI is InChI=1S/C15H24N6O4S.C4H8O.C3H8O.C2H6.C2H4.HI.H2/c1-11-6-16-14(17-7-11)5-12(2)26(22,23)20-15-19-18-10-21(15)13(8-24-3)9-25-4;1-2-4-5-3-1;1-3(2)4;2*1-2;;/h6-7,10,12-13H,5,8-9H2,1-4H3,(H,19,20);1-4H2;3-4H,1-2H3;1-2H3;1-2H2;2*1H/t12-;;;;;;/m0....../s1. The van der Waals surface area contributed by atoms with Gasteiger partial charge in [0.1, 0.15) is 12.2 Å². The van der Waals surface area contributed by atoms with Gasteiger partial charge in [0.05, 0.1) is 24.5 Å². The first-order chi connectivity index (χ1) is 18.6. The lowest BCUT2D eigenvalue weighted by atomic mass is 10.3. The van der Waals surface area contributed by atoms with Crippen molar-refractivity contribution in [2.24, 2.45) is 0 Å². The van der Waals surface area contributed by atoms with E-state index in [4.69, 9.17) is 19.3 Å². The summed E-state index contributed by atoms with van der Waals surface area (Å²) in [5.41, 5.74) is 0.915. The second kappa shape index (κ2) is 26.2. The molecule has 1 aliphatic rings. The van der Waals surface area contributed by atoms with E-state index in [0.29, 0.717) is 19.0 Å². The zero-order valence-electron chi connectivity index (χ0n) is 25.4. The molecule has 0 spiro atoms. The van der Waals surface area contributed by atoms with Crippen molar-refractivity contribution in [2.45, 2.75) is 78.2 Å². The molecule has 0 saturated carbocycles. The molecule has 0 radical (unpaired) electrons. The average Bonchev–Trinajstić information content (AvgIpc) is 3.63. The molecule has 0 aliphatic carbocycles. The van der Waals surface area contributed by atoms with Crippen molar-refractivity contribution in [3.8, 4) is 0 Å². The van der Waals surface area contributed by atoms with Crippen molar-refractivity contribution in [1.29, 1.82) is 0 Å². The normalized spacial score (nSPS) is 12.7. The summed E-state index contributed by atoms with van der Waals surface area (Å²) >= 11 is 0. The van der Waals surface area contributed by atoms with Gasteiger partial charge >= 0.3 is 0 Å². The van der Waals surface area contributed by atoms with Gasteiger partial charge in [0.15, 0.2) is 0 Å². The number of aryl methyl sites for hydroxylation is 1. The number of nitrogens with one attached hydrogen (secondary N) is 1. The first kappa shape index (κ1) is 42.7. The molecule has 3 heterocycles. The molecule has 1 saturated heterocycles. The number of anilines is 1. The Morgan fingerprint density at radius 1 is 1.10 bits per heavy atom. The zero-order chi connectivity index (χ0) is 30.3. The van der Waals surface area contributed by atoms with Crippen molar-refractivity contribution >= 4 is 39.9 Å². The predicted octanol–water partition coefficient (Wildman–Crippen LogP) is 4.46. The highest BCUT2D eigenvalue weighted by Crippen LogP contribution is 2.17. The van der Waals surface area contributed by atoms with Crippen LogP contribution in [-0.2, 0) is 30.7 Å². The van der Waals surface area contributed by atoms with E-state index >= 15 is 0 Å². The fraction of sp³-hybridized carbons (Fsp3) is 0.692. The van der Waals surface area contributed by atoms with Gasteiger partial charge in [0.2, 0.25) is 16.0 Å². The van der Waals surface area contributed by atoms with Gasteiger partial charge in [-0.05, 0) is 46.1 Å². The number of nitrogens with zero attached hydrogens (tertiary/aromatic N) is 5. The van der Waals surface area contributed by atoms with Crippen molar-refractivity contribution in [3.63, 3.8) is 0 Å². The Morgan fingerprint density at radius 3 is 1.98 bits per heavy atom. The Morgan fingerprint density at radius 2 is 1.57 bits per heavy atom. The van der Waals surface area contributed by atoms with E-state index in [0.717, 1.165) is 18.8 Å². The van der Waals surface area contributed by atoms with Crippen LogP contribution >= 0.6 is 24.0 Å². The molecule has 1 atom stereocenters. The van der Waals surface area contributed by atoms with E-state index in [9.17, 15) is 8.42 Å². The number of hydrogen-bond acceptors (Lipinski definition) is 10. The summed E-state index contributed by atoms with van der Waals surface area (Å²) in [4.78, 5) is 8.31. The molecule has 2 aromatic heterocycles. The second-order valence-electron chi connectivity index (χ2n) is 8.38. The number of methoxy groups -OCH3 is 2. The van der Waals surface area contributed by atoms with Crippen LogP contribution in [-0.4, -0.2) is 90.3 Å². The summed E-state index contributed by atoms with van der Waals surface area (Å²) in [7, 11) is -0.600. The number of sulfonamides is 1. The summed E-state index contributed by atoms with van der Waals surface area (Å²) in [6, 6.07) is -0.256. The third-order valence-electron chi connectivity index (χ3n) is 4.58. The van der Waals surface area contributed by atoms with Gasteiger partial charge < -0.3 is 19.3 Å². The third kappa shape index (κ3) is 19.4. The number of aromatic nitrogens is 5. The van der Waals surface area contributed by atoms with Crippen LogP contribution in [0.25, 0.3) is 0 Å². The molecular formula is C26H53IN6O6S.